The molecule has 1 aliphatic rings. The first-order valence-electron chi connectivity index (χ1n) is 9.07. The predicted molar refractivity (Wildman–Crippen MR) is 93.2 cm³/mol. The molecule has 1 aromatic heterocycles. The third-order valence-electron chi connectivity index (χ3n) is 4.71. The second kappa shape index (κ2) is 9.07. The molecule has 26 heavy (non-hydrogen) atoms. The van der Waals surface area contributed by atoms with Gasteiger partial charge < -0.3 is 19.1 Å². The maximum Gasteiger partial charge on any atom is 1.00 e. The molecule has 0 aliphatic heterocycles. The zero-order valence-electron chi connectivity index (χ0n) is 15.8. The van der Waals surface area contributed by atoms with Crippen LogP contribution in [0.15, 0.2) is 15.3 Å². The van der Waals surface area contributed by atoms with Gasteiger partial charge in [0.15, 0.2) is 11.2 Å². The van der Waals surface area contributed by atoms with Crippen LogP contribution in [0.3, 0.4) is 0 Å². The number of ether oxygens (including phenoxy) is 1. The minimum atomic E-state index is -1.48. The quantitative estimate of drug-likeness (QED) is 0.661. The summed E-state index contributed by atoms with van der Waals surface area (Å²) in [5.74, 6) is -1.31. The fourth-order valence-corrected chi connectivity index (χ4v) is 3.68. The zero-order valence-corrected chi connectivity index (χ0v) is 17.8. The van der Waals surface area contributed by atoms with Crippen molar-refractivity contribution < 1.29 is 48.6 Å². The van der Waals surface area contributed by atoms with Gasteiger partial charge in [-0.1, -0.05) is 20.3 Å². The van der Waals surface area contributed by atoms with Gasteiger partial charge in [-0.2, -0.15) is 0 Å². The molecule has 0 amide bonds. The van der Waals surface area contributed by atoms with E-state index in [1.807, 2.05) is 6.92 Å². The third kappa shape index (κ3) is 3.85. The Bertz CT molecular complexity index is 869. The van der Waals surface area contributed by atoms with Gasteiger partial charge in [0.05, 0.1) is 6.61 Å². The van der Waals surface area contributed by atoms with Crippen molar-refractivity contribution >= 4 is 16.9 Å². The molecule has 0 N–H and O–H groups in total. The molecule has 0 fully saturated rings. The molecule has 0 atom stereocenters. The van der Waals surface area contributed by atoms with Gasteiger partial charge in [0.2, 0.25) is 0 Å². The Hall–Kier alpha value is -1.30. The molecule has 1 aromatic carbocycles. The Morgan fingerprint density at radius 3 is 2.50 bits per heavy atom. The first-order chi connectivity index (χ1) is 12.1. The molecule has 1 heterocycles. The summed E-state index contributed by atoms with van der Waals surface area (Å²) < 4.78 is 11.6. The minimum Gasteiger partial charge on any atom is -0.542 e. The maximum atomic E-state index is 12.7. The Labute approximate surface area is 175 Å². The SMILES string of the molecule is CCCOc1c2c(c(CCC)c3oc(C(=O)[O-])cc(=O)c13)CCCC2.[Na+]. The Morgan fingerprint density at radius 2 is 1.88 bits per heavy atom. The van der Waals surface area contributed by atoms with Crippen molar-refractivity contribution in [1.29, 1.82) is 0 Å². The molecule has 0 spiro atoms. The molecule has 3 rings (SSSR count). The van der Waals surface area contributed by atoms with Crippen molar-refractivity contribution in [2.24, 2.45) is 0 Å². The standard InChI is InChI=1S/C20H24O5.Na/c1-3-7-13-12-8-5-6-9-14(12)18(24-10-4-2)17-15(21)11-16(20(22)23)25-19(13)17;/h11H,3-10H2,1-2H3,(H,22,23);/q;+1/p-1. The van der Waals surface area contributed by atoms with Crippen LogP contribution in [0.2, 0.25) is 0 Å². The smallest absolute Gasteiger partial charge is 0.542 e. The average Bonchev–Trinajstić information content (AvgIpc) is 2.61. The van der Waals surface area contributed by atoms with Crippen molar-refractivity contribution in [1.82, 2.24) is 0 Å². The Morgan fingerprint density at radius 1 is 1.19 bits per heavy atom. The first-order valence-corrected chi connectivity index (χ1v) is 9.07. The number of benzene rings is 1. The number of carboxylic acids is 1. The normalized spacial score (nSPS) is 13.2. The number of aryl methyl sites for hydroxylation is 1. The summed E-state index contributed by atoms with van der Waals surface area (Å²) in [5, 5.41) is 11.6. The number of hydrogen-bond donors (Lipinski definition) is 0. The van der Waals surface area contributed by atoms with E-state index < -0.39 is 11.7 Å². The van der Waals surface area contributed by atoms with Crippen molar-refractivity contribution in [3.63, 3.8) is 0 Å². The van der Waals surface area contributed by atoms with Gasteiger partial charge in [-0.05, 0) is 55.2 Å². The molecule has 2 aromatic rings. The summed E-state index contributed by atoms with van der Waals surface area (Å²) in [6, 6.07) is 1.00. The molecular weight excluding hydrogens is 343 g/mol. The van der Waals surface area contributed by atoms with Crippen LogP contribution >= 0.6 is 0 Å². The third-order valence-corrected chi connectivity index (χ3v) is 4.71. The van der Waals surface area contributed by atoms with Crippen LogP contribution in [0.5, 0.6) is 5.75 Å². The van der Waals surface area contributed by atoms with Crippen molar-refractivity contribution in [2.75, 3.05) is 6.61 Å². The number of carbonyl (C=O) groups is 1. The number of carboxylic acid groups (broad SMARTS) is 1. The first kappa shape index (κ1) is 21.0. The van der Waals surface area contributed by atoms with E-state index in [9.17, 15) is 14.7 Å². The summed E-state index contributed by atoms with van der Waals surface area (Å²) in [6.07, 6.45) is 6.38. The van der Waals surface area contributed by atoms with Crippen LogP contribution in [0, 0.1) is 0 Å². The van der Waals surface area contributed by atoms with Gasteiger partial charge >= 0.3 is 29.6 Å². The molecule has 0 saturated heterocycles. The number of carbonyl (C=O) groups excluding carboxylic acids is 1. The van der Waals surface area contributed by atoms with E-state index in [0.717, 1.165) is 62.1 Å². The van der Waals surface area contributed by atoms with Gasteiger partial charge in [-0.15, -0.1) is 0 Å². The van der Waals surface area contributed by atoms with Gasteiger partial charge in [0, 0.05) is 6.07 Å². The molecule has 134 valence electrons. The van der Waals surface area contributed by atoms with E-state index >= 15 is 0 Å². The number of hydrogen-bond acceptors (Lipinski definition) is 5. The molecule has 5 nitrogen and oxygen atoms in total. The summed E-state index contributed by atoms with van der Waals surface area (Å²) in [4.78, 5) is 23.9. The minimum absolute atomic E-state index is 0. The van der Waals surface area contributed by atoms with Crippen molar-refractivity contribution in [3.05, 3.63) is 38.7 Å². The van der Waals surface area contributed by atoms with E-state index in [1.165, 1.54) is 5.56 Å². The van der Waals surface area contributed by atoms with Crippen LogP contribution in [0.4, 0.5) is 0 Å². The maximum absolute atomic E-state index is 12.7. The van der Waals surface area contributed by atoms with Crippen molar-refractivity contribution in [2.45, 2.75) is 58.8 Å². The molecule has 0 radical (unpaired) electrons. The summed E-state index contributed by atoms with van der Waals surface area (Å²) in [6.45, 7) is 4.58. The van der Waals surface area contributed by atoms with Gasteiger partial charge in [0.1, 0.15) is 22.7 Å². The van der Waals surface area contributed by atoms with Gasteiger partial charge in [0.25, 0.3) is 0 Å². The van der Waals surface area contributed by atoms with Crippen LogP contribution in [0.25, 0.3) is 11.0 Å². The number of aromatic carboxylic acids is 1. The number of fused-ring (bicyclic) bond motifs is 2. The second-order valence-electron chi connectivity index (χ2n) is 6.54. The van der Waals surface area contributed by atoms with E-state index in [4.69, 9.17) is 9.15 Å². The summed E-state index contributed by atoms with van der Waals surface area (Å²) >= 11 is 0. The van der Waals surface area contributed by atoms with Crippen molar-refractivity contribution in [3.8, 4) is 5.75 Å². The van der Waals surface area contributed by atoms with E-state index in [-0.39, 0.29) is 35.0 Å². The molecule has 1 aliphatic carbocycles. The molecule has 6 heteroatoms. The fraction of sp³-hybridized carbons (Fsp3) is 0.500. The predicted octanol–water partition coefficient (Wildman–Crippen LogP) is -0.219. The van der Waals surface area contributed by atoms with E-state index in [2.05, 4.69) is 6.92 Å². The molecule has 0 unspecified atom stereocenters. The van der Waals surface area contributed by atoms with E-state index in [0.29, 0.717) is 23.3 Å². The largest absolute Gasteiger partial charge is 1.00 e. The Balaban J connectivity index is 0.00000243. The van der Waals surface area contributed by atoms with Gasteiger partial charge in [-0.3, -0.25) is 4.79 Å². The summed E-state index contributed by atoms with van der Waals surface area (Å²) in [5.41, 5.74) is 3.21. The van der Waals surface area contributed by atoms with Gasteiger partial charge in [-0.25, -0.2) is 0 Å². The molecular formula is C20H23NaO5. The van der Waals surface area contributed by atoms with Crippen LogP contribution in [-0.2, 0) is 19.3 Å². The molecule has 0 saturated carbocycles. The average molecular weight is 366 g/mol. The van der Waals surface area contributed by atoms with E-state index in [1.54, 1.807) is 0 Å². The monoisotopic (exact) mass is 366 g/mol. The van der Waals surface area contributed by atoms with Crippen LogP contribution in [-0.4, -0.2) is 12.6 Å². The van der Waals surface area contributed by atoms with Crippen LogP contribution in [0.1, 0.15) is 66.8 Å². The zero-order chi connectivity index (χ0) is 18.0. The Kier molecular flexibility index (Phi) is 7.33. The molecule has 0 bridgehead atoms. The second-order valence-corrected chi connectivity index (χ2v) is 6.54. The fourth-order valence-electron chi connectivity index (χ4n) is 3.68. The summed E-state index contributed by atoms with van der Waals surface area (Å²) in [7, 11) is 0. The topological polar surface area (TPSA) is 79.6 Å². The number of rotatable bonds is 6. The van der Waals surface area contributed by atoms with Crippen LogP contribution < -0.4 is 44.8 Å².